The second-order valence-corrected chi connectivity index (χ2v) is 3.64. The van der Waals surface area contributed by atoms with Gasteiger partial charge in [-0.3, -0.25) is 9.69 Å². The highest BCUT2D eigenvalue weighted by Crippen LogP contribution is 2.14. The predicted octanol–water partition coefficient (Wildman–Crippen LogP) is 1.87. The van der Waals surface area contributed by atoms with Crippen LogP contribution in [0.3, 0.4) is 0 Å². The monoisotopic (exact) mass is 229 g/mol. The Morgan fingerprint density at radius 2 is 2.12 bits per heavy atom. The number of hydrogen-bond donors (Lipinski definition) is 1. The van der Waals surface area contributed by atoms with Crippen LogP contribution in [0, 0.1) is 11.6 Å². The van der Waals surface area contributed by atoms with Crippen LogP contribution in [0.1, 0.15) is 12.5 Å². The van der Waals surface area contributed by atoms with E-state index < -0.39 is 23.6 Å². The summed E-state index contributed by atoms with van der Waals surface area (Å²) in [7, 11) is 1.54. The first kappa shape index (κ1) is 12.6. The first-order chi connectivity index (χ1) is 7.43. The van der Waals surface area contributed by atoms with Gasteiger partial charge in [0.2, 0.25) is 0 Å². The van der Waals surface area contributed by atoms with E-state index in [9.17, 15) is 13.6 Å². The van der Waals surface area contributed by atoms with E-state index >= 15 is 0 Å². The Morgan fingerprint density at radius 1 is 1.50 bits per heavy atom. The zero-order valence-electron chi connectivity index (χ0n) is 9.08. The van der Waals surface area contributed by atoms with Gasteiger partial charge in [0.25, 0.3) is 0 Å². The third-order valence-corrected chi connectivity index (χ3v) is 2.47. The molecule has 0 fully saturated rings. The molecule has 1 aromatic carbocycles. The van der Waals surface area contributed by atoms with Crippen LogP contribution in [0.15, 0.2) is 18.2 Å². The lowest BCUT2D eigenvalue weighted by atomic mass is 10.1. The molecular formula is C11H13F2NO2. The number of aliphatic carboxylic acids is 1. The lowest BCUT2D eigenvalue weighted by Gasteiger charge is -2.21. The third-order valence-electron chi connectivity index (χ3n) is 2.47. The molecule has 88 valence electrons. The minimum Gasteiger partial charge on any atom is -0.480 e. The number of likely N-dealkylation sites (N-methyl/N-ethyl adjacent to an activating group) is 1. The van der Waals surface area contributed by atoms with Crippen LogP contribution in [-0.4, -0.2) is 29.1 Å². The van der Waals surface area contributed by atoms with Gasteiger partial charge in [-0.15, -0.1) is 0 Å². The minimum atomic E-state index is -1.00. The van der Waals surface area contributed by atoms with E-state index in [4.69, 9.17) is 5.11 Å². The summed E-state index contributed by atoms with van der Waals surface area (Å²) in [4.78, 5) is 12.1. The number of rotatable bonds is 4. The van der Waals surface area contributed by atoms with E-state index in [0.29, 0.717) is 0 Å². The van der Waals surface area contributed by atoms with Crippen LogP contribution in [0.4, 0.5) is 8.78 Å². The van der Waals surface area contributed by atoms with E-state index in [-0.39, 0.29) is 12.1 Å². The zero-order chi connectivity index (χ0) is 12.3. The summed E-state index contributed by atoms with van der Waals surface area (Å²) >= 11 is 0. The van der Waals surface area contributed by atoms with E-state index in [0.717, 1.165) is 6.07 Å². The minimum absolute atomic E-state index is 0.0526. The smallest absolute Gasteiger partial charge is 0.320 e. The van der Waals surface area contributed by atoms with Crippen molar-refractivity contribution in [1.82, 2.24) is 4.90 Å². The Hall–Kier alpha value is -1.49. The van der Waals surface area contributed by atoms with Gasteiger partial charge in [-0.25, -0.2) is 8.78 Å². The van der Waals surface area contributed by atoms with E-state index in [1.165, 1.54) is 24.0 Å². The summed E-state index contributed by atoms with van der Waals surface area (Å²) < 4.78 is 26.2. The molecule has 1 N–H and O–H groups in total. The topological polar surface area (TPSA) is 40.5 Å². The molecule has 0 saturated carbocycles. The summed E-state index contributed by atoms with van der Waals surface area (Å²) in [5, 5.41) is 8.74. The van der Waals surface area contributed by atoms with Crippen LogP contribution < -0.4 is 0 Å². The molecule has 1 rings (SSSR count). The van der Waals surface area contributed by atoms with Gasteiger partial charge >= 0.3 is 5.97 Å². The number of nitrogens with zero attached hydrogens (tertiary/aromatic N) is 1. The lowest BCUT2D eigenvalue weighted by Crippen LogP contribution is -2.35. The number of halogens is 2. The molecule has 0 saturated heterocycles. The Bertz CT molecular complexity index is 396. The van der Waals surface area contributed by atoms with Crippen molar-refractivity contribution in [1.29, 1.82) is 0 Å². The fraction of sp³-hybridized carbons (Fsp3) is 0.364. The van der Waals surface area contributed by atoms with Crippen molar-refractivity contribution in [2.24, 2.45) is 0 Å². The van der Waals surface area contributed by atoms with Gasteiger partial charge in [0.15, 0.2) is 11.6 Å². The molecule has 0 aliphatic heterocycles. The summed E-state index contributed by atoms with van der Waals surface area (Å²) in [5.74, 6) is -2.85. The highest BCUT2D eigenvalue weighted by molar-refractivity contribution is 5.72. The van der Waals surface area contributed by atoms with Gasteiger partial charge in [-0.1, -0.05) is 12.1 Å². The maximum atomic E-state index is 13.3. The Kier molecular flexibility index (Phi) is 3.95. The van der Waals surface area contributed by atoms with Crippen molar-refractivity contribution in [3.63, 3.8) is 0 Å². The molecule has 0 aliphatic carbocycles. The molecular weight excluding hydrogens is 216 g/mol. The molecule has 1 unspecified atom stereocenters. The van der Waals surface area contributed by atoms with Crippen LogP contribution in [0.25, 0.3) is 0 Å². The molecule has 0 amide bonds. The average molecular weight is 229 g/mol. The maximum absolute atomic E-state index is 13.3. The van der Waals surface area contributed by atoms with Crippen LogP contribution in [0.5, 0.6) is 0 Å². The number of carbonyl (C=O) groups is 1. The molecule has 1 atom stereocenters. The summed E-state index contributed by atoms with van der Waals surface area (Å²) in [6.07, 6.45) is 0. The average Bonchev–Trinajstić information content (AvgIpc) is 2.23. The van der Waals surface area contributed by atoms with Crippen molar-refractivity contribution < 1.29 is 18.7 Å². The molecule has 0 heterocycles. The fourth-order valence-corrected chi connectivity index (χ4v) is 1.26. The lowest BCUT2D eigenvalue weighted by molar-refractivity contribution is -0.142. The third kappa shape index (κ3) is 2.76. The second kappa shape index (κ2) is 5.03. The first-order valence-corrected chi connectivity index (χ1v) is 4.79. The quantitative estimate of drug-likeness (QED) is 0.856. The van der Waals surface area contributed by atoms with Crippen LogP contribution in [-0.2, 0) is 11.3 Å². The molecule has 5 heteroatoms. The molecule has 1 aromatic rings. The van der Waals surface area contributed by atoms with Crippen molar-refractivity contribution in [3.8, 4) is 0 Å². The van der Waals surface area contributed by atoms with Gasteiger partial charge in [0.1, 0.15) is 6.04 Å². The van der Waals surface area contributed by atoms with Crippen molar-refractivity contribution in [2.75, 3.05) is 7.05 Å². The molecule has 16 heavy (non-hydrogen) atoms. The van der Waals surface area contributed by atoms with Gasteiger partial charge in [0, 0.05) is 12.1 Å². The normalized spacial score (nSPS) is 12.8. The fourth-order valence-electron chi connectivity index (χ4n) is 1.26. The summed E-state index contributed by atoms with van der Waals surface area (Å²) in [6, 6.07) is 3.11. The number of carboxylic acid groups (broad SMARTS) is 1. The largest absolute Gasteiger partial charge is 0.480 e. The Morgan fingerprint density at radius 3 is 2.69 bits per heavy atom. The highest BCUT2D eigenvalue weighted by Gasteiger charge is 2.18. The molecule has 3 nitrogen and oxygen atoms in total. The van der Waals surface area contributed by atoms with Gasteiger partial charge < -0.3 is 5.11 Å². The van der Waals surface area contributed by atoms with Crippen molar-refractivity contribution in [3.05, 3.63) is 35.4 Å². The predicted molar refractivity (Wildman–Crippen MR) is 54.9 cm³/mol. The molecule has 0 spiro atoms. The molecule has 0 aliphatic rings. The first-order valence-electron chi connectivity index (χ1n) is 4.79. The number of hydrogen-bond acceptors (Lipinski definition) is 2. The Balaban J connectivity index is 2.81. The standard InChI is InChI=1S/C11H13F2NO2/c1-7(11(15)16)14(2)6-8-4-3-5-9(12)10(8)13/h3-5,7H,6H2,1-2H3,(H,15,16). The van der Waals surface area contributed by atoms with Crippen molar-refractivity contribution >= 4 is 5.97 Å². The SMILES string of the molecule is CC(C(=O)O)N(C)Cc1cccc(F)c1F. The Labute approximate surface area is 92.3 Å². The van der Waals surface area contributed by atoms with Gasteiger partial charge in [-0.05, 0) is 20.0 Å². The van der Waals surface area contributed by atoms with Gasteiger partial charge in [0.05, 0.1) is 0 Å². The van der Waals surface area contributed by atoms with Gasteiger partial charge in [-0.2, -0.15) is 0 Å². The van der Waals surface area contributed by atoms with E-state index in [1.54, 1.807) is 7.05 Å². The molecule has 0 aromatic heterocycles. The number of benzene rings is 1. The van der Waals surface area contributed by atoms with E-state index in [1.807, 2.05) is 0 Å². The zero-order valence-corrected chi connectivity index (χ0v) is 9.08. The maximum Gasteiger partial charge on any atom is 0.320 e. The van der Waals surface area contributed by atoms with Crippen LogP contribution >= 0.6 is 0 Å². The van der Waals surface area contributed by atoms with E-state index in [2.05, 4.69) is 0 Å². The molecule has 0 bridgehead atoms. The number of carboxylic acids is 1. The second-order valence-electron chi connectivity index (χ2n) is 3.64. The highest BCUT2D eigenvalue weighted by atomic mass is 19.2. The molecule has 0 radical (unpaired) electrons. The summed E-state index contributed by atoms with van der Waals surface area (Å²) in [5.41, 5.74) is 0.149. The van der Waals surface area contributed by atoms with Crippen molar-refractivity contribution in [2.45, 2.75) is 19.5 Å². The van der Waals surface area contributed by atoms with Crippen LogP contribution in [0.2, 0.25) is 0 Å². The summed E-state index contributed by atoms with van der Waals surface area (Å²) in [6.45, 7) is 1.54.